The Kier molecular flexibility index (Phi) is 2.29. The molecule has 1 heterocycles. The summed E-state index contributed by atoms with van der Waals surface area (Å²) in [6, 6.07) is 0. The van der Waals surface area contributed by atoms with E-state index in [9.17, 15) is 0 Å². The van der Waals surface area contributed by atoms with Crippen molar-refractivity contribution < 1.29 is 0 Å². The summed E-state index contributed by atoms with van der Waals surface area (Å²) in [5.74, 6) is 0.502. The van der Waals surface area contributed by atoms with Crippen molar-refractivity contribution in [2.24, 2.45) is 7.05 Å². The Labute approximate surface area is 79.1 Å². The zero-order chi connectivity index (χ0) is 9.26. The van der Waals surface area contributed by atoms with Gasteiger partial charge in [-0.25, -0.2) is 0 Å². The summed E-state index contributed by atoms with van der Waals surface area (Å²) in [6.45, 7) is 4.54. The number of aromatic nitrogens is 3. The van der Waals surface area contributed by atoms with Gasteiger partial charge in [-0.2, -0.15) is 0 Å². The zero-order valence-corrected chi connectivity index (χ0v) is 8.20. The second-order valence-electron chi connectivity index (χ2n) is 3.82. The second kappa shape index (κ2) is 3.44. The van der Waals surface area contributed by atoms with Crippen molar-refractivity contribution >= 4 is 12.4 Å². The molecule has 0 aliphatic heterocycles. The molecule has 4 heteroatoms. The molecule has 0 amide bonds. The minimum atomic E-state index is 0.502. The van der Waals surface area contributed by atoms with Gasteiger partial charge in [0.2, 0.25) is 0 Å². The van der Waals surface area contributed by atoms with Crippen LogP contribution in [-0.2, 0) is 7.05 Å². The molecule has 0 N–H and O–H groups in total. The molecule has 2 rings (SSSR count). The number of aryl methyl sites for hydroxylation is 1. The van der Waals surface area contributed by atoms with Gasteiger partial charge >= 0.3 is 78.3 Å². The monoisotopic (exact) mass is 175 g/mol. The van der Waals surface area contributed by atoms with Crippen LogP contribution in [0.25, 0.3) is 0 Å². The SMILES string of the molecule is CC(CB=C1CC1)c1cn(C)nn1. The fraction of sp³-hybridized carbons (Fsp3) is 0.667. The van der Waals surface area contributed by atoms with Gasteiger partial charge in [-0.15, -0.1) is 0 Å². The van der Waals surface area contributed by atoms with E-state index in [1.165, 1.54) is 12.8 Å². The van der Waals surface area contributed by atoms with Crippen LogP contribution in [-0.4, -0.2) is 27.4 Å². The molecule has 0 aromatic carbocycles. The Bertz CT molecular complexity index is 323. The fourth-order valence-corrected chi connectivity index (χ4v) is 1.33. The van der Waals surface area contributed by atoms with Crippen LogP contribution < -0.4 is 0 Å². The Morgan fingerprint density at radius 3 is 2.92 bits per heavy atom. The molecular formula is C9H14BN3. The Hall–Kier alpha value is -0.925. The molecule has 1 fully saturated rings. The van der Waals surface area contributed by atoms with Gasteiger partial charge in [-0.3, -0.25) is 0 Å². The van der Waals surface area contributed by atoms with Gasteiger partial charge in [0.25, 0.3) is 0 Å². The van der Waals surface area contributed by atoms with Gasteiger partial charge in [0.1, 0.15) is 0 Å². The summed E-state index contributed by atoms with van der Waals surface area (Å²) in [5.41, 5.74) is 2.70. The van der Waals surface area contributed by atoms with Crippen molar-refractivity contribution in [1.82, 2.24) is 15.0 Å². The van der Waals surface area contributed by atoms with Crippen LogP contribution in [0.4, 0.5) is 0 Å². The van der Waals surface area contributed by atoms with E-state index < -0.39 is 0 Å². The van der Waals surface area contributed by atoms with Gasteiger partial charge in [0.15, 0.2) is 0 Å². The van der Waals surface area contributed by atoms with Crippen molar-refractivity contribution in [3.05, 3.63) is 11.9 Å². The first kappa shape index (κ1) is 8.66. The number of nitrogens with zero attached hydrogens (tertiary/aromatic N) is 3. The molecule has 1 unspecified atom stereocenters. The van der Waals surface area contributed by atoms with E-state index in [2.05, 4.69) is 24.2 Å². The molecule has 68 valence electrons. The summed E-state index contributed by atoms with van der Waals surface area (Å²) in [7, 11) is 1.91. The van der Waals surface area contributed by atoms with Gasteiger partial charge in [-0.05, 0) is 0 Å². The van der Waals surface area contributed by atoms with Crippen LogP contribution in [0.1, 0.15) is 31.4 Å². The average molecular weight is 175 g/mol. The molecule has 0 radical (unpaired) electrons. The molecule has 1 saturated carbocycles. The normalized spacial score (nSPS) is 16.9. The van der Waals surface area contributed by atoms with Crippen LogP contribution in [0.2, 0.25) is 6.32 Å². The van der Waals surface area contributed by atoms with E-state index in [1.807, 2.05) is 13.2 Å². The van der Waals surface area contributed by atoms with Crippen molar-refractivity contribution in [2.75, 3.05) is 0 Å². The second-order valence-corrected chi connectivity index (χ2v) is 3.82. The molecule has 0 spiro atoms. The molecule has 1 aromatic heterocycles. The minimum absolute atomic E-state index is 0.502. The quantitative estimate of drug-likeness (QED) is 0.641. The van der Waals surface area contributed by atoms with Gasteiger partial charge in [0.05, 0.1) is 0 Å². The van der Waals surface area contributed by atoms with Crippen LogP contribution in [0, 0.1) is 0 Å². The standard InChI is InChI=1S/C9H14BN3/c1-7(5-10-8-3-4-8)9-6-13(2)12-11-9/h6-7H,3-5H2,1-2H3. The predicted octanol–water partition coefficient (Wildman–Crippen LogP) is 1.01. The first-order valence-electron chi connectivity index (χ1n) is 4.80. The Morgan fingerprint density at radius 1 is 1.62 bits per heavy atom. The summed E-state index contributed by atoms with van der Waals surface area (Å²) in [5, 5.41) is 8.02. The third-order valence-electron chi connectivity index (χ3n) is 2.42. The van der Waals surface area contributed by atoms with E-state index >= 15 is 0 Å². The van der Waals surface area contributed by atoms with E-state index in [-0.39, 0.29) is 0 Å². The summed E-state index contributed by atoms with van der Waals surface area (Å²) < 4.78 is 1.76. The van der Waals surface area contributed by atoms with E-state index in [1.54, 1.807) is 10.1 Å². The van der Waals surface area contributed by atoms with Gasteiger partial charge in [-0.1, -0.05) is 0 Å². The number of hydrogen-bond acceptors (Lipinski definition) is 2. The van der Waals surface area contributed by atoms with Crippen LogP contribution >= 0.6 is 0 Å². The van der Waals surface area contributed by atoms with E-state index in [0.29, 0.717) is 5.92 Å². The third-order valence-corrected chi connectivity index (χ3v) is 2.42. The molecule has 0 saturated heterocycles. The number of hydrogen-bond donors (Lipinski definition) is 0. The molecule has 0 bridgehead atoms. The maximum atomic E-state index is 4.10. The van der Waals surface area contributed by atoms with E-state index in [0.717, 1.165) is 12.0 Å². The van der Waals surface area contributed by atoms with Crippen LogP contribution in [0.15, 0.2) is 6.20 Å². The zero-order valence-electron chi connectivity index (χ0n) is 8.20. The summed E-state index contributed by atoms with van der Waals surface area (Å²) in [4.78, 5) is 0. The molecule has 1 aliphatic carbocycles. The van der Waals surface area contributed by atoms with Crippen LogP contribution in [0.5, 0.6) is 0 Å². The molecule has 1 aromatic rings. The third kappa shape index (κ3) is 2.26. The average Bonchev–Trinajstić information content (AvgIpc) is 2.84. The maximum absolute atomic E-state index is 4.10. The van der Waals surface area contributed by atoms with Gasteiger partial charge in [0, 0.05) is 0 Å². The molecule has 3 nitrogen and oxygen atoms in total. The first-order valence-corrected chi connectivity index (χ1v) is 4.80. The van der Waals surface area contributed by atoms with Crippen molar-refractivity contribution in [1.29, 1.82) is 0 Å². The van der Waals surface area contributed by atoms with Crippen molar-refractivity contribution in [3.8, 4) is 0 Å². The Morgan fingerprint density at radius 2 is 2.38 bits per heavy atom. The molecule has 13 heavy (non-hydrogen) atoms. The summed E-state index contributed by atoms with van der Waals surface area (Å²) >= 11 is 0. The fourth-order valence-electron chi connectivity index (χ4n) is 1.33. The van der Waals surface area contributed by atoms with Crippen LogP contribution in [0.3, 0.4) is 0 Å². The van der Waals surface area contributed by atoms with Crippen molar-refractivity contribution in [3.63, 3.8) is 0 Å². The molecular weight excluding hydrogens is 161 g/mol. The molecule has 1 aliphatic rings. The topological polar surface area (TPSA) is 30.7 Å². The Balaban J connectivity index is 1.96. The molecule has 1 atom stereocenters. The van der Waals surface area contributed by atoms with Gasteiger partial charge < -0.3 is 0 Å². The first-order chi connectivity index (χ1) is 6.25. The predicted molar refractivity (Wildman–Crippen MR) is 54.2 cm³/mol. The van der Waals surface area contributed by atoms with E-state index in [4.69, 9.17) is 0 Å². The van der Waals surface area contributed by atoms with Crippen molar-refractivity contribution in [2.45, 2.75) is 32.0 Å². The summed E-state index contributed by atoms with van der Waals surface area (Å²) in [6.07, 6.45) is 5.73. The number of rotatable bonds is 3.